The number of carbonyl (C=O) groups excluding carboxylic acids is 2. The number of rotatable bonds is 8. The third-order valence-corrected chi connectivity index (χ3v) is 9.59. The van der Waals surface area contributed by atoms with Crippen molar-refractivity contribution in [3.63, 3.8) is 0 Å². The van der Waals surface area contributed by atoms with Crippen LogP contribution in [0.15, 0.2) is 42.0 Å². The molecular formula is C29H45N3O4S. The molecule has 37 heavy (non-hydrogen) atoms. The standard InChI is InChI=1S/C29H45N3O4S/c1-18(2)21(17-19(3)25(34)35)31(10)23(33)22(27(4,5)6)30-26(36)29(9)28(7,8)37-24(32(29)11)20-15-13-12-14-16-20/h12-18,21-22,24H,1-11H3,(H,30,36)(H,34,35)/b19-17+/t21-,22-,24?,29+/m1/s1. The van der Waals surface area contributed by atoms with Crippen molar-refractivity contribution in [3.05, 3.63) is 47.5 Å². The second-order valence-corrected chi connectivity index (χ2v) is 13.9. The van der Waals surface area contributed by atoms with E-state index in [0.29, 0.717) is 0 Å². The zero-order valence-electron chi connectivity index (χ0n) is 24.2. The van der Waals surface area contributed by atoms with Crippen LogP contribution in [-0.4, -0.2) is 69.2 Å². The number of carboxylic acid groups (broad SMARTS) is 1. The second-order valence-electron chi connectivity index (χ2n) is 12.2. The Labute approximate surface area is 227 Å². The van der Waals surface area contributed by atoms with Crippen molar-refractivity contribution in [1.82, 2.24) is 15.1 Å². The molecule has 2 amide bonds. The van der Waals surface area contributed by atoms with Gasteiger partial charge in [0.25, 0.3) is 0 Å². The molecular weight excluding hydrogens is 486 g/mol. The molecule has 4 atom stereocenters. The summed E-state index contributed by atoms with van der Waals surface area (Å²) in [5.74, 6) is -1.48. The molecule has 1 aliphatic rings. The molecule has 206 valence electrons. The lowest BCUT2D eigenvalue weighted by Gasteiger charge is -2.43. The summed E-state index contributed by atoms with van der Waals surface area (Å²) in [5, 5.41) is 12.5. The van der Waals surface area contributed by atoms with E-state index in [4.69, 9.17) is 0 Å². The van der Waals surface area contributed by atoms with E-state index < -0.39 is 33.8 Å². The van der Waals surface area contributed by atoms with Crippen LogP contribution in [0.4, 0.5) is 0 Å². The number of amides is 2. The van der Waals surface area contributed by atoms with Gasteiger partial charge in [0.1, 0.15) is 11.6 Å². The van der Waals surface area contributed by atoms with Gasteiger partial charge in [0.2, 0.25) is 11.8 Å². The van der Waals surface area contributed by atoms with Crippen molar-refractivity contribution in [2.75, 3.05) is 14.1 Å². The van der Waals surface area contributed by atoms with E-state index in [1.807, 2.05) is 66.8 Å². The molecule has 0 aromatic heterocycles. The van der Waals surface area contributed by atoms with Crippen molar-refractivity contribution >= 4 is 29.5 Å². The molecule has 1 saturated heterocycles. The molecule has 1 unspecified atom stereocenters. The average molecular weight is 532 g/mol. The molecule has 1 aromatic rings. The van der Waals surface area contributed by atoms with Gasteiger partial charge in [-0.15, -0.1) is 11.8 Å². The van der Waals surface area contributed by atoms with Gasteiger partial charge in [-0.1, -0.05) is 71.0 Å². The highest BCUT2D eigenvalue weighted by Gasteiger charge is 2.60. The Kier molecular flexibility index (Phi) is 9.35. The topological polar surface area (TPSA) is 90.0 Å². The number of carbonyl (C=O) groups is 3. The Hall–Kier alpha value is -2.32. The minimum atomic E-state index is -1.02. The number of likely N-dealkylation sites (N-methyl/N-ethyl adjacent to an activating group) is 2. The summed E-state index contributed by atoms with van der Waals surface area (Å²) in [6.45, 7) is 17.3. The van der Waals surface area contributed by atoms with Crippen LogP contribution in [0.5, 0.6) is 0 Å². The van der Waals surface area contributed by atoms with Crippen LogP contribution in [0, 0.1) is 11.3 Å². The molecule has 0 aliphatic carbocycles. The highest BCUT2D eigenvalue weighted by Crippen LogP contribution is 2.56. The normalized spacial score (nSPS) is 24.0. The number of aliphatic carboxylic acids is 1. The smallest absolute Gasteiger partial charge is 0.331 e. The first-order valence-electron chi connectivity index (χ1n) is 12.8. The van der Waals surface area contributed by atoms with E-state index in [1.54, 1.807) is 29.8 Å². The van der Waals surface area contributed by atoms with Crippen molar-refractivity contribution in [2.24, 2.45) is 11.3 Å². The van der Waals surface area contributed by atoms with Gasteiger partial charge in [0.15, 0.2) is 0 Å². The van der Waals surface area contributed by atoms with E-state index in [-0.39, 0.29) is 28.7 Å². The Morgan fingerprint density at radius 2 is 1.68 bits per heavy atom. The van der Waals surface area contributed by atoms with E-state index in [9.17, 15) is 19.5 Å². The quantitative estimate of drug-likeness (QED) is 0.462. The monoisotopic (exact) mass is 531 g/mol. The van der Waals surface area contributed by atoms with Gasteiger partial charge in [-0.05, 0) is 51.6 Å². The molecule has 0 saturated carbocycles. The highest BCUT2D eigenvalue weighted by molar-refractivity contribution is 8.01. The van der Waals surface area contributed by atoms with Crippen LogP contribution in [0.1, 0.15) is 73.3 Å². The Morgan fingerprint density at radius 1 is 1.14 bits per heavy atom. The summed E-state index contributed by atoms with van der Waals surface area (Å²) >= 11 is 1.74. The fraction of sp³-hybridized carbons (Fsp3) is 0.621. The van der Waals surface area contributed by atoms with Crippen LogP contribution in [0.3, 0.4) is 0 Å². The zero-order valence-corrected chi connectivity index (χ0v) is 25.1. The van der Waals surface area contributed by atoms with E-state index >= 15 is 0 Å². The fourth-order valence-corrected chi connectivity index (χ4v) is 6.51. The van der Waals surface area contributed by atoms with Crippen LogP contribution < -0.4 is 5.32 Å². The molecule has 1 fully saturated rings. The molecule has 0 spiro atoms. The van der Waals surface area contributed by atoms with Crippen molar-refractivity contribution in [3.8, 4) is 0 Å². The Bertz CT molecular complexity index is 1030. The molecule has 2 N–H and O–H groups in total. The first-order valence-corrected chi connectivity index (χ1v) is 13.7. The first kappa shape index (κ1) is 30.9. The molecule has 8 heteroatoms. The van der Waals surface area contributed by atoms with Crippen molar-refractivity contribution in [2.45, 2.75) is 90.1 Å². The van der Waals surface area contributed by atoms with E-state index in [1.165, 1.54) is 6.92 Å². The lowest BCUT2D eigenvalue weighted by molar-refractivity contribution is -0.144. The number of benzene rings is 1. The predicted molar refractivity (Wildman–Crippen MR) is 151 cm³/mol. The maximum atomic E-state index is 14.1. The maximum Gasteiger partial charge on any atom is 0.331 e. The van der Waals surface area contributed by atoms with Crippen LogP contribution >= 0.6 is 11.8 Å². The molecule has 2 rings (SSSR count). The first-order chi connectivity index (χ1) is 16.9. The molecule has 1 aromatic carbocycles. The number of carboxylic acids is 1. The number of hydrogen-bond donors (Lipinski definition) is 2. The zero-order chi connectivity index (χ0) is 28.5. The molecule has 0 radical (unpaired) electrons. The average Bonchev–Trinajstić information content (AvgIpc) is 2.99. The van der Waals surface area contributed by atoms with Gasteiger partial charge >= 0.3 is 5.97 Å². The van der Waals surface area contributed by atoms with Crippen molar-refractivity contribution < 1.29 is 19.5 Å². The maximum absolute atomic E-state index is 14.1. The summed E-state index contributed by atoms with van der Waals surface area (Å²) < 4.78 is -0.439. The summed E-state index contributed by atoms with van der Waals surface area (Å²) in [4.78, 5) is 43.1. The molecule has 7 nitrogen and oxygen atoms in total. The van der Waals surface area contributed by atoms with Gasteiger partial charge in [-0.2, -0.15) is 0 Å². The number of hydrogen-bond acceptors (Lipinski definition) is 5. The summed E-state index contributed by atoms with van der Waals surface area (Å²) in [6.07, 6.45) is 1.61. The number of nitrogens with zero attached hydrogens (tertiary/aromatic N) is 2. The Morgan fingerprint density at radius 3 is 2.14 bits per heavy atom. The third kappa shape index (κ3) is 6.23. The predicted octanol–water partition coefficient (Wildman–Crippen LogP) is 4.95. The fourth-order valence-electron chi connectivity index (χ4n) is 4.82. The van der Waals surface area contributed by atoms with Gasteiger partial charge < -0.3 is 15.3 Å². The van der Waals surface area contributed by atoms with Gasteiger partial charge in [0.05, 0.1) is 11.4 Å². The summed E-state index contributed by atoms with van der Waals surface area (Å²) in [7, 11) is 3.64. The SMILES string of the molecule is C/C(=C\[C@H](C(C)C)N(C)C(=O)[C@@H](NC(=O)[C@]1(C)N(C)C(c2ccccc2)SC1(C)C)C(C)(C)C)C(=O)O. The van der Waals surface area contributed by atoms with Crippen molar-refractivity contribution in [1.29, 1.82) is 0 Å². The molecule has 1 heterocycles. The van der Waals surface area contributed by atoms with E-state index in [2.05, 4.69) is 36.2 Å². The van der Waals surface area contributed by atoms with Gasteiger partial charge in [0, 0.05) is 17.4 Å². The largest absolute Gasteiger partial charge is 0.478 e. The van der Waals surface area contributed by atoms with Gasteiger partial charge in [-0.3, -0.25) is 14.5 Å². The Balaban J connectivity index is 2.41. The van der Waals surface area contributed by atoms with E-state index in [0.717, 1.165) is 5.56 Å². The molecule has 0 bridgehead atoms. The van der Waals surface area contributed by atoms with Gasteiger partial charge in [-0.25, -0.2) is 4.79 Å². The van der Waals surface area contributed by atoms with Crippen LogP contribution in [0.2, 0.25) is 0 Å². The van der Waals surface area contributed by atoms with Crippen LogP contribution in [0.25, 0.3) is 0 Å². The second kappa shape index (κ2) is 11.2. The lowest BCUT2D eigenvalue weighted by atomic mass is 9.81. The minimum absolute atomic E-state index is 0.00661. The van der Waals surface area contributed by atoms with Crippen LogP contribution in [-0.2, 0) is 14.4 Å². The molecule has 1 aliphatic heterocycles. The third-order valence-electron chi connectivity index (χ3n) is 7.79. The number of nitrogens with one attached hydrogen (secondary N) is 1. The number of thioether (sulfide) groups is 1. The minimum Gasteiger partial charge on any atom is -0.478 e. The lowest BCUT2D eigenvalue weighted by Crippen LogP contribution is -2.66. The summed E-state index contributed by atoms with van der Waals surface area (Å²) in [6, 6.07) is 8.90. The summed E-state index contributed by atoms with van der Waals surface area (Å²) in [5.41, 5.74) is -0.154. The highest BCUT2D eigenvalue weighted by atomic mass is 32.2.